The Bertz CT molecular complexity index is 313. The molecule has 4 heteroatoms. The third-order valence-electron chi connectivity index (χ3n) is 2.39. The average molecular weight is 228 g/mol. The van der Waals surface area contributed by atoms with Gasteiger partial charge in [-0.25, -0.2) is 4.39 Å². The molecule has 0 atom stereocenters. The van der Waals surface area contributed by atoms with Gasteiger partial charge in [-0.05, 0) is 38.7 Å². The molecule has 0 aromatic rings. The number of alkyl halides is 1. The number of hydrogen-bond donors (Lipinski definition) is 2. The van der Waals surface area contributed by atoms with Gasteiger partial charge in [-0.3, -0.25) is 10.2 Å². The molecule has 0 saturated carbocycles. The summed E-state index contributed by atoms with van der Waals surface area (Å²) in [4.78, 5) is 11.1. The number of nitrogens with two attached hydrogens (primary N) is 1. The zero-order valence-electron chi connectivity index (χ0n) is 10.5. The molecule has 92 valence electrons. The molecule has 0 saturated heterocycles. The second-order valence-electron chi connectivity index (χ2n) is 4.51. The van der Waals surface area contributed by atoms with Crippen LogP contribution in [-0.4, -0.2) is 17.2 Å². The SMILES string of the molecule is CC/C(N)=C(\CCC(C)(C)F)C(=N)C(C)=O. The summed E-state index contributed by atoms with van der Waals surface area (Å²) in [6.07, 6.45) is 1.16. The Kier molecular flexibility index (Phi) is 5.35. The van der Waals surface area contributed by atoms with E-state index in [1.54, 1.807) is 0 Å². The summed E-state index contributed by atoms with van der Waals surface area (Å²) in [5.74, 6) is -0.330. The molecule has 0 unspecified atom stereocenters. The van der Waals surface area contributed by atoms with E-state index in [4.69, 9.17) is 11.1 Å². The first kappa shape index (κ1) is 14.8. The van der Waals surface area contributed by atoms with Gasteiger partial charge in [-0.15, -0.1) is 0 Å². The van der Waals surface area contributed by atoms with Crippen LogP contribution in [0.15, 0.2) is 11.3 Å². The van der Waals surface area contributed by atoms with E-state index in [-0.39, 0.29) is 17.9 Å². The van der Waals surface area contributed by atoms with Gasteiger partial charge in [0, 0.05) is 12.6 Å². The van der Waals surface area contributed by atoms with Crippen LogP contribution in [-0.2, 0) is 4.79 Å². The molecular weight excluding hydrogens is 207 g/mol. The fourth-order valence-corrected chi connectivity index (χ4v) is 1.29. The first-order valence-corrected chi connectivity index (χ1v) is 5.45. The number of carbonyl (C=O) groups is 1. The Morgan fingerprint density at radius 1 is 1.44 bits per heavy atom. The molecule has 0 heterocycles. The molecule has 0 spiro atoms. The van der Waals surface area contributed by atoms with E-state index in [9.17, 15) is 9.18 Å². The Balaban J connectivity index is 4.86. The summed E-state index contributed by atoms with van der Waals surface area (Å²) in [7, 11) is 0. The van der Waals surface area contributed by atoms with E-state index in [0.717, 1.165) is 0 Å². The summed E-state index contributed by atoms with van der Waals surface area (Å²) in [5, 5.41) is 7.63. The maximum absolute atomic E-state index is 13.4. The number of Topliss-reactive ketones (excluding diaryl/α,β-unsaturated/α-hetero) is 1. The summed E-state index contributed by atoms with van der Waals surface area (Å²) >= 11 is 0. The Hall–Kier alpha value is -1.19. The van der Waals surface area contributed by atoms with Crippen LogP contribution < -0.4 is 5.73 Å². The second-order valence-corrected chi connectivity index (χ2v) is 4.51. The zero-order valence-corrected chi connectivity index (χ0v) is 10.5. The fraction of sp³-hybridized carbons (Fsp3) is 0.667. The third kappa shape index (κ3) is 5.05. The standard InChI is InChI=1S/C12H21FN2O/c1-5-10(14)9(11(15)8(2)16)6-7-12(3,4)13/h15H,5-7,14H2,1-4H3/b10-9-,15-11?. The highest BCUT2D eigenvalue weighted by Gasteiger charge is 2.20. The summed E-state index contributed by atoms with van der Waals surface area (Å²) in [5.41, 5.74) is 5.34. The number of nitrogens with one attached hydrogen (secondary N) is 1. The van der Waals surface area contributed by atoms with Gasteiger partial charge in [0.2, 0.25) is 0 Å². The highest BCUT2D eigenvalue weighted by atomic mass is 19.1. The monoisotopic (exact) mass is 228 g/mol. The van der Waals surface area contributed by atoms with Crippen LogP contribution in [0.25, 0.3) is 0 Å². The zero-order chi connectivity index (χ0) is 12.9. The lowest BCUT2D eigenvalue weighted by molar-refractivity contribution is -0.111. The number of ketones is 1. The van der Waals surface area contributed by atoms with E-state index >= 15 is 0 Å². The van der Waals surface area contributed by atoms with Crippen LogP contribution in [0, 0.1) is 5.41 Å². The van der Waals surface area contributed by atoms with Crippen molar-refractivity contribution < 1.29 is 9.18 Å². The highest BCUT2D eigenvalue weighted by Crippen LogP contribution is 2.22. The van der Waals surface area contributed by atoms with E-state index < -0.39 is 5.67 Å². The summed E-state index contributed by atoms with van der Waals surface area (Å²) < 4.78 is 13.4. The third-order valence-corrected chi connectivity index (χ3v) is 2.39. The molecular formula is C12H21FN2O. The minimum absolute atomic E-state index is 0.0939. The van der Waals surface area contributed by atoms with Crippen molar-refractivity contribution in [3.05, 3.63) is 11.3 Å². The van der Waals surface area contributed by atoms with Gasteiger partial charge < -0.3 is 5.73 Å². The first-order chi connectivity index (χ1) is 7.19. The molecule has 0 radical (unpaired) electrons. The van der Waals surface area contributed by atoms with Crippen molar-refractivity contribution in [2.75, 3.05) is 0 Å². The maximum atomic E-state index is 13.4. The lowest BCUT2D eigenvalue weighted by Gasteiger charge is -2.16. The van der Waals surface area contributed by atoms with Crippen LogP contribution in [0.1, 0.15) is 47.0 Å². The number of allylic oxidation sites excluding steroid dienone is 2. The highest BCUT2D eigenvalue weighted by molar-refractivity contribution is 6.44. The smallest absolute Gasteiger partial charge is 0.177 e. The van der Waals surface area contributed by atoms with Crippen LogP contribution in [0.2, 0.25) is 0 Å². The lowest BCUT2D eigenvalue weighted by Crippen LogP contribution is -2.20. The quantitative estimate of drug-likeness (QED) is 0.686. The van der Waals surface area contributed by atoms with Crippen LogP contribution in [0.4, 0.5) is 4.39 Å². The molecule has 0 amide bonds. The minimum Gasteiger partial charge on any atom is -0.402 e. The number of carbonyl (C=O) groups excluding carboxylic acids is 1. The van der Waals surface area contributed by atoms with Gasteiger partial charge >= 0.3 is 0 Å². The fourth-order valence-electron chi connectivity index (χ4n) is 1.29. The van der Waals surface area contributed by atoms with Crippen molar-refractivity contribution in [2.45, 2.75) is 52.6 Å². The van der Waals surface area contributed by atoms with Crippen LogP contribution in [0.5, 0.6) is 0 Å². The van der Waals surface area contributed by atoms with Gasteiger partial charge in [0.05, 0.1) is 0 Å². The van der Waals surface area contributed by atoms with Gasteiger partial charge in [-0.1, -0.05) is 6.92 Å². The van der Waals surface area contributed by atoms with Gasteiger partial charge in [0.1, 0.15) is 11.4 Å². The van der Waals surface area contributed by atoms with Crippen molar-refractivity contribution in [1.29, 1.82) is 5.41 Å². The molecule has 3 N–H and O–H groups in total. The van der Waals surface area contributed by atoms with E-state index in [2.05, 4.69) is 0 Å². The number of hydrogen-bond acceptors (Lipinski definition) is 3. The van der Waals surface area contributed by atoms with Gasteiger partial charge in [0.15, 0.2) is 5.78 Å². The van der Waals surface area contributed by atoms with Crippen molar-refractivity contribution in [3.63, 3.8) is 0 Å². The van der Waals surface area contributed by atoms with Gasteiger partial charge in [-0.2, -0.15) is 0 Å². The van der Waals surface area contributed by atoms with Crippen molar-refractivity contribution >= 4 is 11.5 Å². The molecule has 0 aromatic heterocycles. The van der Waals surface area contributed by atoms with Gasteiger partial charge in [0.25, 0.3) is 0 Å². The van der Waals surface area contributed by atoms with Crippen LogP contribution >= 0.6 is 0 Å². The Labute approximate surface area is 96.4 Å². The summed E-state index contributed by atoms with van der Waals surface area (Å²) in [6.45, 7) is 6.13. The molecule has 0 rings (SSSR count). The normalized spacial score (nSPS) is 13.3. The molecule has 3 nitrogen and oxygen atoms in total. The molecule has 0 fully saturated rings. The predicted octanol–water partition coefficient (Wildman–Crippen LogP) is 2.75. The number of halogens is 1. The first-order valence-electron chi connectivity index (χ1n) is 5.45. The molecule has 16 heavy (non-hydrogen) atoms. The van der Waals surface area contributed by atoms with Crippen molar-refractivity contribution in [3.8, 4) is 0 Å². The Morgan fingerprint density at radius 2 is 1.94 bits per heavy atom. The van der Waals surface area contributed by atoms with E-state index in [1.165, 1.54) is 20.8 Å². The van der Waals surface area contributed by atoms with Crippen LogP contribution in [0.3, 0.4) is 0 Å². The number of rotatable bonds is 6. The lowest BCUT2D eigenvalue weighted by atomic mass is 9.94. The molecule has 0 aliphatic rings. The topological polar surface area (TPSA) is 66.9 Å². The van der Waals surface area contributed by atoms with E-state index in [0.29, 0.717) is 24.1 Å². The minimum atomic E-state index is -1.31. The molecule has 0 aliphatic heterocycles. The predicted molar refractivity (Wildman–Crippen MR) is 64.3 cm³/mol. The van der Waals surface area contributed by atoms with E-state index in [1.807, 2.05) is 6.92 Å². The molecule has 0 aliphatic carbocycles. The maximum Gasteiger partial charge on any atom is 0.177 e. The van der Waals surface area contributed by atoms with Crippen molar-refractivity contribution in [2.24, 2.45) is 5.73 Å². The summed E-state index contributed by atoms with van der Waals surface area (Å²) in [6, 6.07) is 0. The largest absolute Gasteiger partial charge is 0.402 e. The van der Waals surface area contributed by atoms with Crippen molar-refractivity contribution in [1.82, 2.24) is 0 Å². The molecule has 0 aromatic carbocycles. The second kappa shape index (κ2) is 5.77. The average Bonchev–Trinajstić information content (AvgIpc) is 2.15. The molecule has 0 bridgehead atoms. The Morgan fingerprint density at radius 3 is 2.25 bits per heavy atom.